The van der Waals surface area contributed by atoms with E-state index in [1.807, 2.05) is 13.8 Å². The van der Waals surface area contributed by atoms with E-state index in [1.165, 1.54) is 4.90 Å². The minimum Gasteiger partial charge on any atom is -0.456 e. The molecule has 5 nitrogen and oxygen atoms in total. The van der Waals surface area contributed by atoms with Crippen molar-refractivity contribution in [3.8, 4) is 0 Å². The maximum absolute atomic E-state index is 12.7. The molecule has 0 aliphatic carbocycles. The number of rotatable bonds is 4. The van der Waals surface area contributed by atoms with Gasteiger partial charge in [0.15, 0.2) is 0 Å². The second-order valence-corrected chi connectivity index (χ2v) is 6.47. The fourth-order valence-corrected chi connectivity index (χ4v) is 3.22. The topological polar surface area (TPSA) is 63.7 Å². The van der Waals surface area contributed by atoms with E-state index in [4.69, 9.17) is 4.74 Å². The summed E-state index contributed by atoms with van der Waals surface area (Å²) in [5.74, 6) is -0.827. The van der Waals surface area contributed by atoms with Crippen molar-refractivity contribution in [1.82, 2.24) is 4.90 Å². The fraction of sp³-hybridized carbons (Fsp3) is 0.389. The van der Waals surface area contributed by atoms with Crippen molar-refractivity contribution in [1.29, 1.82) is 0 Å². The molecule has 120 valence electrons. The second-order valence-electron chi connectivity index (χ2n) is 6.47. The Morgan fingerprint density at radius 3 is 2.17 bits per heavy atom. The highest BCUT2D eigenvalue weighted by Gasteiger charge is 2.46. The second kappa shape index (κ2) is 5.65. The van der Waals surface area contributed by atoms with Gasteiger partial charge in [0.05, 0.1) is 17.2 Å². The van der Waals surface area contributed by atoms with Gasteiger partial charge < -0.3 is 4.74 Å². The SMILES string of the molecule is C=C1C[C@H]([C@H](CC(C)C)N2C(=O)c3ccccc3C2=O)OC1=O. The number of hydrogen-bond acceptors (Lipinski definition) is 4. The predicted molar refractivity (Wildman–Crippen MR) is 83.8 cm³/mol. The largest absolute Gasteiger partial charge is 0.456 e. The lowest BCUT2D eigenvalue weighted by molar-refractivity contribution is -0.141. The number of ether oxygens (including phenoxy) is 1. The third kappa shape index (κ3) is 2.56. The van der Waals surface area contributed by atoms with Gasteiger partial charge in [0.2, 0.25) is 0 Å². The molecule has 1 aromatic carbocycles. The van der Waals surface area contributed by atoms with Crippen LogP contribution in [0.25, 0.3) is 0 Å². The number of esters is 1. The average Bonchev–Trinajstić information content (AvgIpc) is 2.96. The van der Waals surface area contributed by atoms with Crippen LogP contribution in [0.15, 0.2) is 36.4 Å². The van der Waals surface area contributed by atoms with E-state index in [9.17, 15) is 14.4 Å². The monoisotopic (exact) mass is 313 g/mol. The number of benzene rings is 1. The molecule has 2 amide bonds. The minimum atomic E-state index is -0.514. The van der Waals surface area contributed by atoms with Crippen molar-refractivity contribution in [3.05, 3.63) is 47.5 Å². The number of amides is 2. The maximum atomic E-state index is 12.7. The number of cyclic esters (lactones) is 1. The summed E-state index contributed by atoms with van der Waals surface area (Å²) in [6.07, 6.45) is 0.417. The molecule has 1 fully saturated rings. The van der Waals surface area contributed by atoms with E-state index >= 15 is 0 Å². The first-order chi connectivity index (χ1) is 10.9. The summed E-state index contributed by atoms with van der Waals surface area (Å²) in [6, 6.07) is 6.32. The summed E-state index contributed by atoms with van der Waals surface area (Å²) >= 11 is 0. The van der Waals surface area contributed by atoms with Gasteiger partial charge in [-0.1, -0.05) is 32.6 Å². The number of hydrogen-bond donors (Lipinski definition) is 0. The van der Waals surface area contributed by atoms with Gasteiger partial charge in [-0.05, 0) is 24.5 Å². The lowest BCUT2D eigenvalue weighted by Crippen LogP contribution is -2.47. The molecule has 0 bridgehead atoms. The first kappa shape index (κ1) is 15.5. The van der Waals surface area contributed by atoms with Gasteiger partial charge >= 0.3 is 5.97 Å². The van der Waals surface area contributed by atoms with Crippen LogP contribution in [-0.4, -0.2) is 34.8 Å². The summed E-state index contributed by atoms with van der Waals surface area (Å²) in [7, 11) is 0. The Kier molecular flexibility index (Phi) is 3.80. The molecule has 1 aromatic rings. The van der Waals surface area contributed by atoms with Crippen molar-refractivity contribution in [2.45, 2.75) is 38.8 Å². The molecule has 2 heterocycles. The Bertz CT molecular complexity index is 656. The molecule has 0 radical (unpaired) electrons. The summed E-state index contributed by atoms with van der Waals surface area (Å²) in [5.41, 5.74) is 1.21. The van der Waals surface area contributed by atoms with Gasteiger partial charge in [-0.2, -0.15) is 0 Å². The number of nitrogens with zero attached hydrogens (tertiary/aromatic N) is 1. The first-order valence-electron chi connectivity index (χ1n) is 7.75. The number of imide groups is 1. The van der Waals surface area contributed by atoms with Gasteiger partial charge in [0, 0.05) is 12.0 Å². The van der Waals surface area contributed by atoms with Crippen molar-refractivity contribution < 1.29 is 19.1 Å². The Balaban J connectivity index is 1.95. The van der Waals surface area contributed by atoms with E-state index in [2.05, 4.69) is 6.58 Å². The first-order valence-corrected chi connectivity index (χ1v) is 7.75. The molecule has 0 unspecified atom stereocenters. The molecule has 1 saturated heterocycles. The number of carbonyl (C=O) groups is 3. The number of carbonyl (C=O) groups excluding carboxylic acids is 3. The molecule has 0 spiro atoms. The summed E-state index contributed by atoms with van der Waals surface area (Å²) in [6.45, 7) is 7.71. The zero-order valence-electron chi connectivity index (χ0n) is 13.2. The standard InChI is InChI=1S/C18H19NO4/c1-10(2)8-14(15-9-11(3)18(22)23-15)19-16(20)12-6-4-5-7-13(12)17(19)21/h4-7,10,14-15H,3,8-9H2,1-2H3/t14-,15+/m0/s1. The van der Waals surface area contributed by atoms with Crippen LogP contribution in [0.2, 0.25) is 0 Å². The van der Waals surface area contributed by atoms with Crippen LogP contribution in [0, 0.1) is 5.92 Å². The average molecular weight is 313 g/mol. The Morgan fingerprint density at radius 2 is 1.74 bits per heavy atom. The molecule has 3 rings (SSSR count). The molecule has 2 atom stereocenters. The Labute approximate surface area is 134 Å². The third-order valence-electron chi connectivity index (χ3n) is 4.29. The molecule has 23 heavy (non-hydrogen) atoms. The van der Waals surface area contributed by atoms with Crippen LogP contribution in [0.3, 0.4) is 0 Å². The Morgan fingerprint density at radius 1 is 1.17 bits per heavy atom. The van der Waals surface area contributed by atoms with Gasteiger partial charge in [0.1, 0.15) is 6.10 Å². The van der Waals surface area contributed by atoms with E-state index < -0.39 is 18.1 Å². The van der Waals surface area contributed by atoms with Crippen LogP contribution >= 0.6 is 0 Å². The van der Waals surface area contributed by atoms with E-state index in [0.29, 0.717) is 29.5 Å². The fourth-order valence-electron chi connectivity index (χ4n) is 3.22. The zero-order valence-corrected chi connectivity index (χ0v) is 13.2. The van der Waals surface area contributed by atoms with Crippen LogP contribution in [0.5, 0.6) is 0 Å². The highest BCUT2D eigenvalue weighted by atomic mass is 16.6. The van der Waals surface area contributed by atoms with E-state index in [0.717, 1.165) is 0 Å². The van der Waals surface area contributed by atoms with Gasteiger partial charge in [-0.3, -0.25) is 14.5 Å². The van der Waals surface area contributed by atoms with Crippen LogP contribution < -0.4 is 0 Å². The zero-order chi connectivity index (χ0) is 16.7. The van der Waals surface area contributed by atoms with Gasteiger partial charge in [0.25, 0.3) is 11.8 Å². The molecule has 5 heteroatoms. The van der Waals surface area contributed by atoms with Crippen LogP contribution in [0.1, 0.15) is 47.4 Å². The summed E-state index contributed by atoms with van der Waals surface area (Å²) in [4.78, 5) is 38.3. The van der Waals surface area contributed by atoms with E-state index in [-0.39, 0.29) is 17.7 Å². The normalized spacial score (nSPS) is 21.9. The predicted octanol–water partition coefficient (Wildman–Crippen LogP) is 2.57. The molecular formula is C18H19NO4. The van der Waals surface area contributed by atoms with Crippen LogP contribution in [0.4, 0.5) is 0 Å². The van der Waals surface area contributed by atoms with E-state index in [1.54, 1.807) is 24.3 Å². The van der Waals surface area contributed by atoms with Crippen molar-refractivity contribution in [3.63, 3.8) is 0 Å². The minimum absolute atomic E-state index is 0.247. The highest BCUT2D eigenvalue weighted by molar-refractivity contribution is 6.21. The smallest absolute Gasteiger partial charge is 0.333 e. The lowest BCUT2D eigenvalue weighted by atomic mass is 9.95. The molecule has 0 N–H and O–H groups in total. The summed E-state index contributed by atoms with van der Waals surface area (Å²) < 4.78 is 5.36. The van der Waals surface area contributed by atoms with Crippen molar-refractivity contribution in [2.75, 3.05) is 0 Å². The molecule has 0 saturated carbocycles. The van der Waals surface area contributed by atoms with Gasteiger partial charge in [-0.25, -0.2) is 4.79 Å². The summed E-state index contributed by atoms with van der Waals surface area (Å²) in [5, 5.41) is 0. The maximum Gasteiger partial charge on any atom is 0.333 e. The third-order valence-corrected chi connectivity index (χ3v) is 4.29. The molecule has 2 aliphatic heterocycles. The van der Waals surface area contributed by atoms with Crippen molar-refractivity contribution >= 4 is 17.8 Å². The Hall–Kier alpha value is -2.43. The quantitative estimate of drug-likeness (QED) is 0.487. The van der Waals surface area contributed by atoms with Crippen molar-refractivity contribution in [2.24, 2.45) is 5.92 Å². The van der Waals surface area contributed by atoms with Crippen LogP contribution in [-0.2, 0) is 9.53 Å². The lowest BCUT2D eigenvalue weighted by Gasteiger charge is -2.31. The molecule has 2 aliphatic rings. The molecular weight excluding hydrogens is 294 g/mol. The molecule has 0 aromatic heterocycles. The highest BCUT2D eigenvalue weighted by Crippen LogP contribution is 2.33. The van der Waals surface area contributed by atoms with Gasteiger partial charge in [-0.15, -0.1) is 0 Å². The number of fused-ring (bicyclic) bond motifs is 1.